The van der Waals surface area contributed by atoms with Crippen molar-refractivity contribution in [2.75, 3.05) is 44.8 Å². The lowest BCUT2D eigenvalue weighted by molar-refractivity contribution is -0.139. The first-order valence-electron chi connectivity index (χ1n) is 15.2. The molecule has 13 heteroatoms. The Balaban J connectivity index is 1.60. The summed E-state index contributed by atoms with van der Waals surface area (Å²) in [6.45, 7) is 5.50. The van der Waals surface area contributed by atoms with Crippen LogP contribution in [-0.2, 0) is 22.5 Å². The van der Waals surface area contributed by atoms with Crippen LogP contribution < -0.4 is 4.90 Å². The lowest BCUT2D eigenvalue weighted by atomic mass is 9.84. The van der Waals surface area contributed by atoms with E-state index in [1.807, 2.05) is 24.8 Å². The number of fused-ring (bicyclic) bond motifs is 1. The average molecular weight is 722 g/mol. The first kappa shape index (κ1) is 34.8. The molecule has 0 amide bonds. The van der Waals surface area contributed by atoms with Gasteiger partial charge in [-0.1, -0.05) is 32.0 Å². The predicted octanol–water partition coefficient (Wildman–Crippen LogP) is 7.33. The topological polar surface area (TPSA) is 80.1 Å². The second-order valence-corrected chi connectivity index (χ2v) is 13.3. The monoisotopic (exact) mass is 720 g/mol. The molecule has 0 spiro atoms. The van der Waals surface area contributed by atoms with Crippen molar-refractivity contribution >= 4 is 38.5 Å². The van der Waals surface area contributed by atoms with Gasteiger partial charge in [0, 0.05) is 37.8 Å². The highest BCUT2D eigenvalue weighted by atomic mass is 79.9. The Hall–Kier alpha value is -3.52. The summed E-state index contributed by atoms with van der Waals surface area (Å²) in [7, 11) is 1.49. The lowest BCUT2D eigenvalue weighted by Crippen LogP contribution is -2.47. The van der Waals surface area contributed by atoms with Crippen LogP contribution in [-0.4, -0.2) is 71.8 Å². The number of hydroxylamine groups is 2. The third-order valence-corrected chi connectivity index (χ3v) is 8.96. The average Bonchev–Trinajstić information content (AvgIpc) is 3.30. The van der Waals surface area contributed by atoms with Gasteiger partial charge in [0.05, 0.1) is 58.0 Å². The number of methoxy groups -OCH3 is 1. The molecule has 8 nitrogen and oxygen atoms in total. The van der Waals surface area contributed by atoms with Gasteiger partial charge in [0.15, 0.2) is 0 Å². The summed E-state index contributed by atoms with van der Waals surface area (Å²) < 4.78 is 64.5. The van der Waals surface area contributed by atoms with Crippen molar-refractivity contribution in [2.45, 2.75) is 46.0 Å². The molecule has 0 bridgehead atoms. The minimum Gasteiger partial charge on any atom is -0.396 e. The molecule has 2 aromatic heterocycles. The minimum absolute atomic E-state index is 0.0806. The molecule has 1 aliphatic rings. The molecule has 1 saturated heterocycles. The zero-order valence-electron chi connectivity index (χ0n) is 26.6. The van der Waals surface area contributed by atoms with E-state index in [1.54, 1.807) is 48.5 Å². The number of rotatable bonds is 10. The number of benzene rings is 2. The highest BCUT2D eigenvalue weighted by Gasteiger charge is 2.35. The second kappa shape index (κ2) is 13.9. The first-order chi connectivity index (χ1) is 22.2. The van der Waals surface area contributed by atoms with Gasteiger partial charge in [0.1, 0.15) is 12.4 Å². The van der Waals surface area contributed by atoms with E-state index in [4.69, 9.17) is 14.6 Å². The van der Waals surface area contributed by atoms with Crippen molar-refractivity contribution in [3.05, 3.63) is 81.8 Å². The third-order valence-electron chi connectivity index (χ3n) is 8.35. The van der Waals surface area contributed by atoms with Crippen molar-refractivity contribution < 1.29 is 37.0 Å². The molecule has 0 aliphatic carbocycles. The Morgan fingerprint density at radius 3 is 2.38 bits per heavy atom. The smallest absolute Gasteiger partial charge is 0.396 e. The van der Waals surface area contributed by atoms with Gasteiger partial charge in [-0.15, -0.1) is 5.06 Å². The third kappa shape index (κ3) is 7.80. The molecule has 0 saturated carbocycles. The molecule has 5 rings (SSSR count). The van der Waals surface area contributed by atoms with Crippen molar-refractivity contribution in [3.8, 4) is 11.3 Å². The molecule has 252 valence electrons. The number of ether oxygens (including phenoxy) is 1. The normalized spacial score (nSPS) is 15.3. The molecule has 1 atom stereocenters. The Bertz CT molecular complexity index is 1740. The summed E-state index contributed by atoms with van der Waals surface area (Å²) in [4.78, 5) is 24.9. The van der Waals surface area contributed by atoms with E-state index in [0.717, 1.165) is 10.6 Å². The maximum absolute atomic E-state index is 14.9. The molecule has 3 heterocycles. The van der Waals surface area contributed by atoms with Crippen LogP contribution in [0.25, 0.3) is 22.2 Å². The summed E-state index contributed by atoms with van der Waals surface area (Å²) in [5.41, 5.74) is 2.06. The standard InChI is InChI=1S/C34H37BrF4N4O4/c1-21(46-4)30-25(14-23(18-40-30)41-10-12-42(13-11-41)47-32(45)22-8-6-5-7-9-22)31-26(17-33(2,3)20-44)24-15-27(35)28(36)16-29(24)43(31)19-34(37,38)39/h5-9,14-16,18,21,44H,10-13,17,19-20H2,1-4H3/t21-/m0/s1. The first-order valence-corrected chi connectivity index (χ1v) is 16.0. The fourth-order valence-electron chi connectivity index (χ4n) is 5.82. The number of carbonyl (C=O) groups is 1. The number of carbonyl (C=O) groups excluding carboxylic acids is 1. The molecular weight excluding hydrogens is 684 g/mol. The van der Waals surface area contributed by atoms with E-state index in [0.29, 0.717) is 59.6 Å². The summed E-state index contributed by atoms with van der Waals surface area (Å²) in [6, 6.07) is 13.1. The number of alkyl halides is 3. The van der Waals surface area contributed by atoms with E-state index in [9.17, 15) is 27.5 Å². The van der Waals surface area contributed by atoms with E-state index >= 15 is 0 Å². The molecule has 4 aromatic rings. The molecule has 0 unspecified atom stereocenters. The van der Waals surface area contributed by atoms with Gasteiger partial charge in [0.2, 0.25) is 0 Å². The highest BCUT2D eigenvalue weighted by molar-refractivity contribution is 9.10. The van der Waals surface area contributed by atoms with Crippen LogP contribution in [0.3, 0.4) is 0 Å². The number of aliphatic hydroxyl groups is 1. The van der Waals surface area contributed by atoms with Gasteiger partial charge >= 0.3 is 12.1 Å². The van der Waals surface area contributed by atoms with Crippen LogP contribution in [0, 0.1) is 11.2 Å². The number of anilines is 1. The summed E-state index contributed by atoms with van der Waals surface area (Å²) in [6.07, 6.45) is -3.36. The van der Waals surface area contributed by atoms with E-state index < -0.39 is 36.0 Å². The van der Waals surface area contributed by atoms with Crippen LogP contribution in [0.1, 0.15) is 48.5 Å². The minimum atomic E-state index is -4.63. The molecule has 2 aromatic carbocycles. The lowest BCUT2D eigenvalue weighted by Gasteiger charge is -2.35. The number of piperazine rings is 1. The molecular formula is C34H37BrF4N4O4. The van der Waals surface area contributed by atoms with Crippen molar-refractivity contribution in [2.24, 2.45) is 5.41 Å². The Morgan fingerprint density at radius 2 is 1.77 bits per heavy atom. The maximum Gasteiger partial charge on any atom is 0.406 e. The quantitative estimate of drug-likeness (QED) is 0.172. The summed E-state index contributed by atoms with van der Waals surface area (Å²) in [5.74, 6) is -1.15. The van der Waals surface area contributed by atoms with Crippen LogP contribution in [0.5, 0.6) is 0 Å². The number of hydrogen-bond donors (Lipinski definition) is 1. The van der Waals surface area contributed by atoms with Gasteiger partial charge in [-0.3, -0.25) is 4.98 Å². The fraction of sp³-hybridized carbons (Fsp3) is 0.412. The molecule has 1 aliphatic heterocycles. The van der Waals surface area contributed by atoms with Crippen LogP contribution in [0.2, 0.25) is 0 Å². The Labute approximate surface area is 279 Å². The predicted molar refractivity (Wildman–Crippen MR) is 175 cm³/mol. The highest BCUT2D eigenvalue weighted by Crippen LogP contribution is 2.43. The van der Waals surface area contributed by atoms with E-state index in [2.05, 4.69) is 15.9 Å². The van der Waals surface area contributed by atoms with E-state index in [1.165, 1.54) is 13.2 Å². The number of nitrogens with zero attached hydrogens (tertiary/aromatic N) is 4. The van der Waals surface area contributed by atoms with Crippen LogP contribution in [0.15, 0.2) is 59.2 Å². The number of aliphatic hydroxyl groups excluding tert-OH is 1. The number of aromatic nitrogens is 2. The molecule has 0 radical (unpaired) electrons. The molecule has 1 fully saturated rings. The van der Waals surface area contributed by atoms with Gasteiger partial charge in [-0.2, -0.15) is 13.2 Å². The fourth-order valence-corrected chi connectivity index (χ4v) is 6.16. The SMILES string of the molecule is CO[C@@H](C)c1ncc(N2CCN(OC(=O)c3ccccc3)CC2)cc1-c1c(CC(C)(C)CO)c2cc(Br)c(F)cc2n1CC(F)(F)F. The number of pyridine rings is 1. The number of hydrogen-bond acceptors (Lipinski definition) is 7. The number of halogens is 5. The van der Waals surface area contributed by atoms with Gasteiger partial charge < -0.3 is 24.1 Å². The second-order valence-electron chi connectivity index (χ2n) is 12.5. The van der Waals surface area contributed by atoms with Gasteiger partial charge in [-0.25, -0.2) is 9.18 Å². The van der Waals surface area contributed by atoms with Crippen molar-refractivity contribution in [1.29, 1.82) is 0 Å². The van der Waals surface area contributed by atoms with E-state index in [-0.39, 0.29) is 28.7 Å². The zero-order valence-corrected chi connectivity index (χ0v) is 28.2. The maximum atomic E-state index is 14.9. The molecule has 1 N–H and O–H groups in total. The van der Waals surface area contributed by atoms with Gasteiger partial charge in [0.25, 0.3) is 0 Å². The van der Waals surface area contributed by atoms with Gasteiger partial charge in [-0.05, 0) is 70.6 Å². The van der Waals surface area contributed by atoms with Crippen molar-refractivity contribution in [1.82, 2.24) is 14.6 Å². The van der Waals surface area contributed by atoms with Crippen LogP contribution in [0.4, 0.5) is 23.2 Å². The largest absolute Gasteiger partial charge is 0.406 e. The molecule has 47 heavy (non-hydrogen) atoms. The van der Waals surface area contributed by atoms with Crippen molar-refractivity contribution in [3.63, 3.8) is 0 Å². The van der Waals surface area contributed by atoms with Crippen LogP contribution >= 0.6 is 15.9 Å². The Morgan fingerprint density at radius 1 is 1.09 bits per heavy atom. The summed E-state index contributed by atoms with van der Waals surface area (Å²) >= 11 is 3.21. The zero-order chi connectivity index (χ0) is 34.1. The summed E-state index contributed by atoms with van der Waals surface area (Å²) in [5, 5.41) is 12.2. The Kier molecular flexibility index (Phi) is 10.3.